The van der Waals surface area contributed by atoms with Crippen LogP contribution in [0.2, 0.25) is 0 Å². The smallest absolute Gasteiger partial charge is 0.270 e. The number of fused-ring (bicyclic) bond motifs is 1. The molecule has 1 fully saturated rings. The summed E-state index contributed by atoms with van der Waals surface area (Å²) in [5.41, 5.74) is -0.627. The van der Waals surface area contributed by atoms with Gasteiger partial charge in [0.25, 0.3) is 11.8 Å². The number of rotatable bonds is 8. The van der Waals surface area contributed by atoms with Gasteiger partial charge < -0.3 is 24.6 Å². The first-order chi connectivity index (χ1) is 16.2. The number of carbonyl (C=O) groups is 2. The molecule has 2 amide bonds. The van der Waals surface area contributed by atoms with Crippen molar-refractivity contribution in [2.24, 2.45) is 0 Å². The standard InChI is InChI=1S/C24H36FN3O4.C2H6/c1-16(2)28(18-9-8-10-26-15-18)22(29)17-13-19(25)21-20(14-17)27(11-6-7-12-31-5)23(30)24(3,4)32-21;1-2/h13-14,16,18,26H,6-12,15H2,1-5H3;1-2H3/t18-;/m1./s1. The van der Waals surface area contributed by atoms with Crippen molar-refractivity contribution in [2.45, 2.75) is 84.9 Å². The Morgan fingerprint density at radius 1 is 1.32 bits per heavy atom. The number of anilines is 1. The zero-order valence-corrected chi connectivity index (χ0v) is 21.9. The number of ether oxygens (including phenoxy) is 2. The molecule has 2 aliphatic rings. The van der Waals surface area contributed by atoms with Gasteiger partial charge in [-0.2, -0.15) is 0 Å². The summed E-state index contributed by atoms with van der Waals surface area (Å²) >= 11 is 0. The maximum Gasteiger partial charge on any atom is 0.270 e. The molecule has 192 valence electrons. The second-order valence-electron chi connectivity index (χ2n) is 9.38. The zero-order chi connectivity index (χ0) is 25.5. The van der Waals surface area contributed by atoms with Crippen LogP contribution in [-0.2, 0) is 9.53 Å². The van der Waals surface area contributed by atoms with E-state index in [-0.39, 0.29) is 35.2 Å². The first kappa shape index (κ1) is 28.1. The molecular weight excluding hydrogens is 437 g/mol. The van der Waals surface area contributed by atoms with Crippen LogP contribution in [0.3, 0.4) is 0 Å². The Bertz CT molecular complexity index is 838. The van der Waals surface area contributed by atoms with E-state index in [0.717, 1.165) is 32.4 Å². The minimum absolute atomic E-state index is 0.0216. The number of methoxy groups -OCH3 is 1. The number of unbranched alkanes of at least 4 members (excludes halogenated alkanes) is 1. The van der Waals surface area contributed by atoms with Gasteiger partial charge in [0.2, 0.25) is 0 Å². The van der Waals surface area contributed by atoms with Gasteiger partial charge in [-0.25, -0.2) is 4.39 Å². The minimum atomic E-state index is -1.18. The van der Waals surface area contributed by atoms with E-state index in [2.05, 4.69) is 5.32 Å². The Labute approximate surface area is 204 Å². The third kappa shape index (κ3) is 6.27. The van der Waals surface area contributed by atoms with E-state index >= 15 is 4.39 Å². The van der Waals surface area contributed by atoms with Gasteiger partial charge in [0.05, 0.1) is 5.69 Å². The molecule has 8 heteroatoms. The molecule has 0 aliphatic carbocycles. The van der Waals surface area contributed by atoms with Gasteiger partial charge in [0.15, 0.2) is 17.2 Å². The minimum Gasteiger partial charge on any atom is -0.473 e. The van der Waals surface area contributed by atoms with Crippen LogP contribution in [-0.4, -0.2) is 67.7 Å². The predicted octanol–water partition coefficient (Wildman–Crippen LogP) is 4.39. The fraction of sp³-hybridized carbons (Fsp3) is 0.692. The molecule has 1 aromatic rings. The summed E-state index contributed by atoms with van der Waals surface area (Å²) in [6.07, 6.45) is 3.37. The molecule has 0 bridgehead atoms. The van der Waals surface area contributed by atoms with E-state index in [1.54, 1.807) is 31.9 Å². The number of hydrogen-bond donors (Lipinski definition) is 1. The highest BCUT2D eigenvalue weighted by Gasteiger charge is 2.42. The molecule has 0 spiro atoms. The lowest BCUT2D eigenvalue weighted by Gasteiger charge is -2.40. The van der Waals surface area contributed by atoms with Gasteiger partial charge in [0.1, 0.15) is 0 Å². The lowest BCUT2D eigenvalue weighted by molar-refractivity contribution is -0.132. The molecule has 0 radical (unpaired) electrons. The number of amides is 2. The quantitative estimate of drug-likeness (QED) is 0.560. The molecule has 7 nitrogen and oxygen atoms in total. The Balaban J connectivity index is 0.00000199. The summed E-state index contributed by atoms with van der Waals surface area (Å²) in [6.45, 7) is 13.9. The van der Waals surface area contributed by atoms with E-state index in [1.165, 1.54) is 6.07 Å². The van der Waals surface area contributed by atoms with Crippen molar-refractivity contribution in [1.82, 2.24) is 10.2 Å². The Kier molecular flexibility index (Phi) is 10.3. The number of halogens is 1. The molecule has 34 heavy (non-hydrogen) atoms. The average Bonchev–Trinajstić information content (AvgIpc) is 2.81. The normalized spacial score (nSPS) is 19.1. The Morgan fingerprint density at radius 3 is 2.62 bits per heavy atom. The average molecular weight is 480 g/mol. The van der Waals surface area contributed by atoms with Crippen molar-refractivity contribution < 1.29 is 23.5 Å². The molecule has 0 aromatic heterocycles. The third-order valence-electron chi connectivity index (χ3n) is 6.11. The van der Waals surface area contributed by atoms with Gasteiger partial charge in [-0.3, -0.25) is 9.59 Å². The highest BCUT2D eigenvalue weighted by atomic mass is 19.1. The molecule has 0 saturated carbocycles. The molecule has 1 saturated heterocycles. The second kappa shape index (κ2) is 12.5. The van der Waals surface area contributed by atoms with Gasteiger partial charge in [-0.1, -0.05) is 13.8 Å². The van der Waals surface area contributed by atoms with E-state index in [0.29, 0.717) is 25.3 Å². The molecular formula is C26H42FN3O4. The van der Waals surface area contributed by atoms with Crippen LogP contribution in [0, 0.1) is 5.82 Å². The van der Waals surface area contributed by atoms with E-state index in [4.69, 9.17) is 9.47 Å². The molecule has 1 N–H and O–H groups in total. The molecule has 2 heterocycles. The molecule has 3 rings (SSSR count). The van der Waals surface area contributed by atoms with Crippen LogP contribution in [0.4, 0.5) is 10.1 Å². The SMILES string of the molecule is CC.COCCCCN1C(=O)C(C)(C)Oc2c(F)cc(C(=O)N(C(C)C)[C@@H]3CCCNC3)cc21. The predicted molar refractivity (Wildman–Crippen MR) is 133 cm³/mol. The summed E-state index contributed by atoms with van der Waals surface area (Å²) in [4.78, 5) is 30.0. The summed E-state index contributed by atoms with van der Waals surface area (Å²) in [7, 11) is 1.63. The second-order valence-corrected chi connectivity index (χ2v) is 9.38. The summed E-state index contributed by atoms with van der Waals surface area (Å²) < 4.78 is 26.1. The molecule has 1 atom stereocenters. The van der Waals surface area contributed by atoms with Crippen LogP contribution >= 0.6 is 0 Å². The van der Waals surface area contributed by atoms with Crippen LogP contribution in [0.5, 0.6) is 5.75 Å². The van der Waals surface area contributed by atoms with E-state index in [9.17, 15) is 9.59 Å². The van der Waals surface area contributed by atoms with Crippen molar-refractivity contribution in [2.75, 3.05) is 38.3 Å². The van der Waals surface area contributed by atoms with E-state index < -0.39 is 11.4 Å². The number of hydrogen-bond acceptors (Lipinski definition) is 5. The first-order valence-electron chi connectivity index (χ1n) is 12.5. The Morgan fingerprint density at radius 2 is 2.03 bits per heavy atom. The van der Waals surface area contributed by atoms with Crippen LogP contribution in [0.15, 0.2) is 12.1 Å². The monoisotopic (exact) mass is 479 g/mol. The maximum absolute atomic E-state index is 15.2. The van der Waals surface area contributed by atoms with Gasteiger partial charge >= 0.3 is 0 Å². The van der Waals surface area contributed by atoms with Crippen LogP contribution < -0.4 is 15.0 Å². The largest absolute Gasteiger partial charge is 0.473 e. The Hall–Kier alpha value is -2.19. The lowest BCUT2D eigenvalue weighted by atomic mass is 10.00. The van der Waals surface area contributed by atoms with Crippen molar-refractivity contribution in [3.8, 4) is 5.75 Å². The first-order valence-corrected chi connectivity index (χ1v) is 12.5. The summed E-state index contributed by atoms with van der Waals surface area (Å²) in [5.74, 6) is -1.08. The third-order valence-corrected chi connectivity index (χ3v) is 6.11. The van der Waals surface area contributed by atoms with E-state index in [1.807, 2.05) is 32.6 Å². The summed E-state index contributed by atoms with van der Waals surface area (Å²) in [5, 5.41) is 3.34. The fourth-order valence-electron chi connectivity index (χ4n) is 4.52. The van der Waals surface area contributed by atoms with Gasteiger partial charge in [-0.05, 0) is 72.1 Å². The number of nitrogens with one attached hydrogen (secondary N) is 1. The number of piperidine rings is 1. The van der Waals surface area contributed by atoms with Crippen molar-refractivity contribution in [3.05, 3.63) is 23.5 Å². The summed E-state index contributed by atoms with van der Waals surface area (Å²) in [6, 6.07) is 2.86. The highest BCUT2D eigenvalue weighted by Crippen LogP contribution is 2.41. The topological polar surface area (TPSA) is 71.1 Å². The highest BCUT2D eigenvalue weighted by molar-refractivity contribution is 6.04. The zero-order valence-electron chi connectivity index (χ0n) is 21.9. The molecule has 0 unspecified atom stereocenters. The number of carbonyl (C=O) groups excluding carboxylic acids is 2. The van der Waals surface area contributed by atoms with Crippen molar-refractivity contribution in [3.63, 3.8) is 0 Å². The molecule has 2 aliphatic heterocycles. The van der Waals surface area contributed by atoms with Crippen LogP contribution in [0.25, 0.3) is 0 Å². The number of benzene rings is 1. The van der Waals surface area contributed by atoms with Gasteiger partial charge in [-0.15, -0.1) is 0 Å². The fourth-order valence-corrected chi connectivity index (χ4v) is 4.52. The molecule has 1 aromatic carbocycles. The van der Waals surface area contributed by atoms with Crippen LogP contribution in [0.1, 0.15) is 77.6 Å². The van der Waals surface area contributed by atoms with Gasteiger partial charge in [0, 0.05) is 44.5 Å². The maximum atomic E-state index is 15.2. The van der Waals surface area contributed by atoms with Crippen molar-refractivity contribution in [1.29, 1.82) is 0 Å². The van der Waals surface area contributed by atoms with Crippen molar-refractivity contribution >= 4 is 17.5 Å². The lowest BCUT2D eigenvalue weighted by Crippen LogP contribution is -2.53. The number of nitrogens with zero attached hydrogens (tertiary/aromatic N) is 2.